The van der Waals surface area contributed by atoms with Crippen LogP contribution in [0.1, 0.15) is 15.4 Å². The summed E-state index contributed by atoms with van der Waals surface area (Å²) in [4.78, 5) is 25.7. The molecule has 0 radical (unpaired) electrons. The lowest BCUT2D eigenvalue weighted by molar-refractivity contribution is -0.120. The maximum Gasteiger partial charge on any atom is 0.269 e. The SMILES string of the molecule is Cc1nnsc1C(=O)Nc1ccc2c(c1)N(C)C(=O)CO2. The van der Waals surface area contributed by atoms with Gasteiger partial charge in [-0.1, -0.05) is 4.49 Å². The fraction of sp³-hybridized carbons (Fsp3) is 0.231. The number of fused-ring (bicyclic) bond motifs is 1. The van der Waals surface area contributed by atoms with Crippen LogP contribution in [0.15, 0.2) is 18.2 Å². The molecule has 1 aliphatic rings. The van der Waals surface area contributed by atoms with Crippen molar-refractivity contribution in [2.75, 3.05) is 23.9 Å². The Bertz CT molecular complexity index is 728. The van der Waals surface area contributed by atoms with E-state index in [4.69, 9.17) is 4.74 Å². The molecule has 21 heavy (non-hydrogen) atoms. The first-order valence-electron chi connectivity index (χ1n) is 6.20. The molecule has 0 bridgehead atoms. The minimum Gasteiger partial charge on any atom is -0.482 e. The van der Waals surface area contributed by atoms with E-state index in [1.54, 1.807) is 32.2 Å². The maximum absolute atomic E-state index is 12.1. The summed E-state index contributed by atoms with van der Waals surface area (Å²) < 4.78 is 9.07. The highest BCUT2D eigenvalue weighted by Gasteiger charge is 2.23. The second kappa shape index (κ2) is 5.13. The van der Waals surface area contributed by atoms with Crippen LogP contribution in [0.4, 0.5) is 11.4 Å². The zero-order chi connectivity index (χ0) is 15.0. The van der Waals surface area contributed by atoms with E-state index in [1.165, 1.54) is 4.90 Å². The number of benzene rings is 1. The molecule has 0 spiro atoms. The first-order chi connectivity index (χ1) is 10.1. The van der Waals surface area contributed by atoms with Gasteiger partial charge in [-0.25, -0.2) is 0 Å². The molecule has 2 aromatic rings. The van der Waals surface area contributed by atoms with Gasteiger partial charge in [-0.05, 0) is 36.7 Å². The molecular formula is C13H12N4O3S. The molecule has 0 saturated carbocycles. The number of nitrogens with zero attached hydrogens (tertiary/aromatic N) is 3. The second-order valence-electron chi connectivity index (χ2n) is 4.57. The van der Waals surface area contributed by atoms with Crippen molar-refractivity contribution in [3.63, 3.8) is 0 Å². The molecule has 7 nitrogen and oxygen atoms in total. The van der Waals surface area contributed by atoms with Gasteiger partial charge < -0.3 is 15.0 Å². The van der Waals surface area contributed by atoms with E-state index in [9.17, 15) is 9.59 Å². The van der Waals surface area contributed by atoms with E-state index in [-0.39, 0.29) is 18.4 Å². The van der Waals surface area contributed by atoms with Gasteiger partial charge in [-0.2, -0.15) is 0 Å². The van der Waals surface area contributed by atoms with Crippen molar-refractivity contribution in [3.8, 4) is 5.75 Å². The average Bonchev–Trinajstić information content (AvgIpc) is 2.90. The van der Waals surface area contributed by atoms with Gasteiger partial charge in [0, 0.05) is 12.7 Å². The Morgan fingerprint density at radius 2 is 2.29 bits per heavy atom. The van der Waals surface area contributed by atoms with Crippen molar-refractivity contribution in [1.82, 2.24) is 9.59 Å². The normalized spacial score (nSPS) is 13.6. The van der Waals surface area contributed by atoms with Gasteiger partial charge in [0.25, 0.3) is 11.8 Å². The molecule has 0 atom stereocenters. The fourth-order valence-electron chi connectivity index (χ4n) is 1.98. The van der Waals surface area contributed by atoms with E-state index in [1.807, 2.05) is 0 Å². The molecule has 1 aromatic heterocycles. The highest BCUT2D eigenvalue weighted by Crippen LogP contribution is 2.33. The van der Waals surface area contributed by atoms with Crippen LogP contribution >= 0.6 is 11.5 Å². The number of anilines is 2. The van der Waals surface area contributed by atoms with Gasteiger partial charge in [0.1, 0.15) is 10.6 Å². The molecule has 0 aliphatic carbocycles. The number of amides is 2. The Balaban J connectivity index is 1.86. The quantitative estimate of drug-likeness (QED) is 0.908. The third kappa shape index (κ3) is 2.45. The number of likely N-dealkylation sites (N-methyl/N-ethyl adjacent to an activating group) is 1. The number of nitrogens with one attached hydrogen (secondary N) is 1. The summed E-state index contributed by atoms with van der Waals surface area (Å²) in [5.41, 5.74) is 1.80. The predicted molar refractivity (Wildman–Crippen MR) is 77.9 cm³/mol. The second-order valence-corrected chi connectivity index (χ2v) is 5.32. The summed E-state index contributed by atoms with van der Waals surface area (Å²) in [6.45, 7) is 1.76. The van der Waals surface area contributed by atoms with Gasteiger partial charge >= 0.3 is 0 Å². The topological polar surface area (TPSA) is 84.4 Å². The lowest BCUT2D eigenvalue weighted by atomic mass is 10.2. The minimum atomic E-state index is -0.270. The van der Waals surface area contributed by atoms with Gasteiger partial charge in [-0.15, -0.1) is 5.10 Å². The minimum absolute atomic E-state index is 0.0287. The first kappa shape index (κ1) is 13.5. The average molecular weight is 304 g/mol. The van der Waals surface area contributed by atoms with Crippen LogP contribution < -0.4 is 15.0 Å². The Labute approximate surface area is 124 Å². The third-order valence-corrected chi connectivity index (χ3v) is 3.99. The number of carbonyl (C=O) groups excluding carboxylic acids is 2. The van der Waals surface area contributed by atoms with E-state index in [2.05, 4.69) is 14.9 Å². The van der Waals surface area contributed by atoms with Crippen molar-refractivity contribution in [3.05, 3.63) is 28.8 Å². The van der Waals surface area contributed by atoms with Crippen molar-refractivity contribution >= 4 is 34.7 Å². The molecule has 1 N–H and O–H groups in total. The molecule has 1 aromatic carbocycles. The molecule has 0 saturated heterocycles. The summed E-state index contributed by atoms with van der Waals surface area (Å²) in [5.74, 6) is 0.215. The standard InChI is InChI=1S/C13H12N4O3S/c1-7-12(21-16-15-7)13(19)14-8-3-4-10-9(5-8)17(2)11(18)6-20-10/h3-5H,6H2,1-2H3,(H,14,19). The Morgan fingerprint density at radius 3 is 3.00 bits per heavy atom. The van der Waals surface area contributed by atoms with Crippen LogP contribution in [0.2, 0.25) is 0 Å². The van der Waals surface area contributed by atoms with Crippen LogP contribution in [0.3, 0.4) is 0 Å². The number of ether oxygens (including phenoxy) is 1. The smallest absolute Gasteiger partial charge is 0.269 e. The predicted octanol–water partition coefficient (Wildman–Crippen LogP) is 1.45. The number of aromatic nitrogens is 2. The Hall–Kier alpha value is -2.48. The number of hydrogen-bond acceptors (Lipinski definition) is 6. The van der Waals surface area contributed by atoms with Gasteiger partial charge in [0.15, 0.2) is 6.61 Å². The van der Waals surface area contributed by atoms with Crippen LogP contribution in [-0.2, 0) is 4.79 Å². The monoisotopic (exact) mass is 304 g/mol. The number of carbonyl (C=O) groups is 2. The third-order valence-electron chi connectivity index (χ3n) is 3.16. The molecule has 8 heteroatoms. The van der Waals surface area contributed by atoms with Crippen LogP contribution in [0, 0.1) is 6.92 Å². The summed E-state index contributed by atoms with van der Waals surface area (Å²) in [6, 6.07) is 5.16. The fourth-order valence-corrected chi connectivity index (χ4v) is 2.53. The molecular weight excluding hydrogens is 292 g/mol. The largest absolute Gasteiger partial charge is 0.482 e. The lowest BCUT2D eigenvalue weighted by Gasteiger charge is -2.26. The van der Waals surface area contributed by atoms with Gasteiger partial charge in [0.2, 0.25) is 0 Å². The summed E-state index contributed by atoms with van der Waals surface area (Å²) in [5, 5.41) is 6.57. The maximum atomic E-state index is 12.1. The molecule has 2 amide bonds. The Kier molecular flexibility index (Phi) is 3.30. The Morgan fingerprint density at radius 1 is 1.48 bits per heavy atom. The zero-order valence-electron chi connectivity index (χ0n) is 11.4. The molecule has 0 unspecified atom stereocenters. The molecule has 3 rings (SSSR count). The molecule has 0 fully saturated rings. The first-order valence-corrected chi connectivity index (χ1v) is 6.97. The van der Waals surface area contributed by atoms with Crippen LogP contribution in [0.5, 0.6) is 5.75 Å². The van der Waals surface area contributed by atoms with Crippen molar-refractivity contribution in [2.24, 2.45) is 0 Å². The van der Waals surface area contributed by atoms with Crippen LogP contribution in [-0.4, -0.2) is 35.1 Å². The van der Waals surface area contributed by atoms with E-state index < -0.39 is 0 Å². The number of hydrogen-bond donors (Lipinski definition) is 1. The highest BCUT2D eigenvalue weighted by atomic mass is 32.1. The molecule has 108 valence electrons. The van der Waals surface area contributed by atoms with Crippen LogP contribution in [0.25, 0.3) is 0 Å². The van der Waals surface area contributed by atoms with Gasteiger partial charge in [-0.3, -0.25) is 9.59 Å². The number of rotatable bonds is 2. The molecule has 2 heterocycles. The number of aryl methyl sites for hydroxylation is 1. The summed E-state index contributed by atoms with van der Waals surface area (Å²) in [7, 11) is 1.67. The summed E-state index contributed by atoms with van der Waals surface area (Å²) in [6.07, 6.45) is 0. The van der Waals surface area contributed by atoms with Crippen molar-refractivity contribution < 1.29 is 14.3 Å². The van der Waals surface area contributed by atoms with Crippen molar-refractivity contribution in [2.45, 2.75) is 6.92 Å². The van der Waals surface area contributed by atoms with Crippen molar-refractivity contribution in [1.29, 1.82) is 0 Å². The van der Waals surface area contributed by atoms with E-state index in [0.717, 1.165) is 11.5 Å². The van der Waals surface area contributed by atoms with Gasteiger partial charge in [0.05, 0.1) is 11.4 Å². The molecule has 1 aliphatic heterocycles. The highest BCUT2D eigenvalue weighted by molar-refractivity contribution is 7.08. The lowest BCUT2D eigenvalue weighted by Crippen LogP contribution is -2.35. The van der Waals surface area contributed by atoms with E-state index >= 15 is 0 Å². The summed E-state index contributed by atoms with van der Waals surface area (Å²) >= 11 is 1.04. The van der Waals surface area contributed by atoms with E-state index in [0.29, 0.717) is 27.7 Å². The zero-order valence-corrected chi connectivity index (χ0v) is 12.2.